The highest BCUT2D eigenvalue weighted by Crippen LogP contribution is 2.22. The van der Waals surface area contributed by atoms with Crippen molar-refractivity contribution in [2.75, 3.05) is 26.8 Å². The molecule has 0 radical (unpaired) electrons. The number of hydrogen-bond acceptors (Lipinski definition) is 4. The first kappa shape index (κ1) is 14.9. The highest BCUT2D eigenvalue weighted by Gasteiger charge is 2.24. The molecule has 1 aliphatic heterocycles. The number of methoxy groups -OCH3 is 1. The van der Waals surface area contributed by atoms with Gasteiger partial charge in [-0.2, -0.15) is 0 Å². The summed E-state index contributed by atoms with van der Waals surface area (Å²) in [4.78, 5) is 13.9. The lowest BCUT2D eigenvalue weighted by atomic mass is 10.1. The molecule has 20 heavy (non-hydrogen) atoms. The second-order valence-electron chi connectivity index (χ2n) is 5.25. The fourth-order valence-electron chi connectivity index (χ4n) is 2.67. The number of carbonyl (C=O) groups excluding carboxylic acids is 1. The van der Waals surface area contributed by atoms with Gasteiger partial charge in [-0.15, -0.1) is 0 Å². The standard InChI is InChI=1S/C16H23NO3/c1-3-20-16(18)10-14-8-9-17(12-14)11-13-4-6-15(19-2)7-5-13/h4-7,14H,3,8-12H2,1-2H3. The van der Waals surface area contributed by atoms with E-state index in [0.717, 1.165) is 31.8 Å². The molecule has 0 aromatic heterocycles. The molecule has 1 saturated heterocycles. The molecule has 1 atom stereocenters. The summed E-state index contributed by atoms with van der Waals surface area (Å²) >= 11 is 0. The summed E-state index contributed by atoms with van der Waals surface area (Å²) in [6.07, 6.45) is 1.63. The molecular formula is C16H23NO3. The van der Waals surface area contributed by atoms with Crippen LogP contribution in [0.4, 0.5) is 0 Å². The van der Waals surface area contributed by atoms with Crippen molar-refractivity contribution < 1.29 is 14.3 Å². The lowest BCUT2D eigenvalue weighted by molar-refractivity contribution is -0.144. The van der Waals surface area contributed by atoms with Gasteiger partial charge in [-0.1, -0.05) is 12.1 Å². The van der Waals surface area contributed by atoms with Gasteiger partial charge in [-0.05, 0) is 43.5 Å². The van der Waals surface area contributed by atoms with E-state index in [1.54, 1.807) is 7.11 Å². The molecular weight excluding hydrogens is 254 g/mol. The maximum absolute atomic E-state index is 11.5. The van der Waals surface area contributed by atoms with Crippen LogP contribution in [0.1, 0.15) is 25.3 Å². The van der Waals surface area contributed by atoms with Crippen LogP contribution in [0.25, 0.3) is 0 Å². The van der Waals surface area contributed by atoms with E-state index in [1.165, 1.54) is 5.56 Å². The molecule has 1 unspecified atom stereocenters. The number of esters is 1. The summed E-state index contributed by atoms with van der Waals surface area (Å²) in [5, 5.41) is 0. The van der Waals surface area contributed by atoms with Crippen molar-refractivity contribution >= 4 is 5.97 Å². The van der Waals surface area contributed by atoms with Gasteiger partial charge in [0.1, 0.15) is 5.75 Å². The Balaban J connectivity index is 1.79. The predicted octanol–water partition coefficient (Wildman–Crippen LogP) is 2.47. The van der Waals surface area contributed by atoms with Gasteiger partial charge in [0, 0.05) is 19.5 Å². The van der Waals surface area contributed by atoms with Crippen LogP contribution in [0, 0.1) is 5.92 Å². The maximum Gasteiger partial charge on any atom is 0.306 e. The van der Waals surface area contributed by atoms with E-state index in [9.17, 15) is 4.79 Å². The minimum atomic E-state index is -0.0659. The number of hydrogen-bond donors (Lipinski definition) is 0. The molecule has 0 bridgehead atoms. The summed E-state index contributed by atoms with van der Waals surface area (Å²) in [5.41, 5.74) is 1.28. The number of nitrogens with zero attached hydrogens (tertiary/aromatic N) is 1. The first-order valence-corrected chi connectivity index (χ1v) is 7.22. The number of carbonyl (C=O) groups is 1. The van der Waals surface area contributed by atoms with Crippen molar-refractivity contribution in [3.63, 3.8) is 0 Å². The van der Waals surface area contributed by atoms with Gasteiger partial charge >= 0.3 is 5.97 Å². The predicted molar refractivity (Wildman–Crippen MR) is 77.6 cm³/mol. The van der Waals surface area contributed by atoms with Crippen LogP contribution in [-0.2, 0) is 16.1 Å². The van der Waals surface area contributed by atoms with E-state index < -0.39 is 0 Å². The highest BCUT2D eigenvalue weighted by molar-refractivity contribution is 5.69. The molecule has 4 heteroatoms. The van der Waals surface area contributed by atoms with Crippen molar-refractivity contribution in [1.82, 2.24) is 4.90 Å². The van der Waals surface area contributed by atoms with Gasteiger partial charge in [-0.3, -0.25) is 9.69 Å². The molecule has 4 nitrogen and oxygen atoms in total. The Bertz CT molecular complexity index is 430. The number of rotatable bonds is 6. The Morgan fingerprint density at radius 1 is 1.35 bits per heavy atom. The van der Waals surface area contributed by atoms with Crippen LogP contribution in [0.5, 0.6) is 5.75 Å². The van der Waals surface area contributed by atoms with Crippen molar-refractivity contribution in [3.8, 4) is 5.75 Å². The van der Waals surface area contributed by atoms with Gasteiger partial charge in [0.05, 0.1) is 13.7 Å². The Hall–Kier alpha value is -1.55. The largest absolute Gasteiger partial charge is 0.497 e. The van der Waals surface area contributed by atoms with Crippen LogP contribution in [0.15, 0.2) is 24.3 Å². The Morgan fingerprint density at radius 3 is 2.75 bits per heavy atom. The Kier molecular flexibility index (Phi) is 5.41. The average molecular weight is 277 g/mol. The minimum absolute atomic E-state index is 0.0659. The molecule has 1 heterocycles. The van der Waals surface area contributed by atoms with Gasteiger partial charge in [0.25, 0.3) is 0 Å². The maximum atomic E-state index is 11.5. The first-order valence-electron chi connectivity index (χ1n) is 7.22. The molecule has 1 fully saturated rings. The Morgan fingerprint density at radius 2 is 2.10 bits per heavy atom. The number of ether oxygens (including phenoxy) is 2. The normalized spacial score (nSPS) is 19.0. The van der Waals surface area contributed by atoms with Crippen LogP contribution in [0.2, 0.25) is 0 Å². The molecule has 1 aromatic carbocycles. The molecule has 2 rings (SSSR count). The second-order valence-corrected chi connectivity index (χ2v) is 5.25. The third-order valence-corrected chi connectivity index (χ3v) is 3.70. The summed E-state index contributed by atoms with van der Waals surface area (Å²) in [5.74, 6) is 1.26. The average Bonchev–Trinajstić information content (AvgIpc) is 2.87. The van der Waals surface area contributed by atoms with Crippen molar-refractivity contribution in [2.24, 2.45) is 5.92 Å². The molecule has 0 N–H and O–H groups in total. The van der Waals surface area contributed by atoms with Crippen LogP contribution in [0.3, 0.4) is 0 Å². The topological polar surface area (TPSA) is 38.8 Å². The quantitative estimate of drug-likeness (QED) is 0.749. The molecule has 0 spiro atoms. The summed E-state index contributed by atoms with van der Waals surface area (Å²) in [7, 11) is 1.68. The fraction of sp³-hybridized carbons (Fsp3) is 0.562. The SMILES string of the molecule is CCOC(=O)CC1CCN(Cc2ccc(OC)cc2)C1. The smallest absolute Gasteiger partial charge is 0.306 e. The zero-order chi connectivity index (χ0) is 14.4. The highest BCUT2D eigenvalue weighted by atomic mass is 16.5. The van der Waals surface area contributed by atoms with Crippen LogP contribution in [-0.4, -0.2) is 37.7 Å². The van der Waals surface area contributed by atoms with E-state index in [0.29, 0.717) is 18.9 Å². The number of likely N-dealkylation sites (tertiary alicyclic amines) is 1. The lowest BCUT2D eigenvalue weighted by Gasteiger charge is -2.16. The van der Waals surface area contributed by atoms with E-state index in [1.807, 2.05) is 19.1 Å². The summed E-state index contributed by atoms with van der Waals surface area (Å²) < 4.78 is 10.2. The van der Waals surface area contributed by atoms with E-state index in [2.05, 4.69) is 17.0 Å². The second kappa shape index (κ2) is 7.29. The first-order chi connectivity index (χ1) is 9.71. The molecule has 0 saturated carbocycles. The third kappa shape index (κ3) is 4.23. The van der Waals surface area contributed by atoms with Crippen molar-refractivity contribution in [3.05, 3.63) is 29.8 Å². The van der Waals surface area contributed by atoms with E-state index >= 15 is 0 Å². The van der Waals surface area contributed by atoms with Gasteiger partial charge in [-0.25, -0.2) is 0 Å². The number of benzene rings is 1. The van der Waals surface area contributed by atoms with Gasteiger partial charge < -0.3 is 9.47 Å². The molecule has 110 valence electrons. The zero-order valence-corrected chi connectivity index (χ0v) is 12.3. The fourth-order valence-corrected chi connectivity index (χ4v) is 2.67. The van der Waals surface area contributed by atoms with Gasteiger partial charge in [0.15, 0.2) is 0 Å². The van der Waals surface area contributed by atoms with Crippen LogP contribution >= 0.6 is 0 Å². The third-order valence-electron chi connectivity index (χ3n) is 3.70. The lowest BCUT2D eigenvalue weighted by Crippen LogP contribution is -2.21. The van der Waals surface area contributed by atoms with Gasteiger partial charge in [0.2, 0.25) is 0 Å². The van der Waals surface area contributed by atoms with Crippen molar-refractivity contribution in [2.45, 2.75) is 26.3 Å². The minimum Gasteiger partial charge on any atom is -0.497 e. The Labute approximate surface area is 120 Å². The monoisotopic (exact) mass is 277 g/mol. The van der Waals surface area contributed by atoms with Crippen molar-refractivity contribution in [1.29, 1.82) is 0 Å². The summed E-state index contributed by atoms with van der Waals surface area (Å²) in [6.45, 7) is 5.29. The zero-order valence-electron chi connectivity index (χ0n) is 12.3. The van der Waals surface area contributed by atoms with E-state index in [4.69, 9.17) is 9.47 Å². The molecule has 0 amide bonds. The molecule has 0 aliphatic carbocycles. The molecule has 1 aliphatic rings. The van der Waals surface area contributed by atoms with Crippen LogP contribution < -0.4 is 4.74 Å². The van der Waals surface area contributed by atoms with E-state index in [-0.39, 0.29) is 5.97 Å². The molecule has 1 aromatic rings. The summed E-state index contributed by atoms with van der Waals surface area (Å²) in [6, 6.07) is 8.16.